The van der Waals surface area contributed by atoms with Crippen molar-refractivity contribution in [2.75, 3.05) is 5.32 Å². The third-order valence-corrected chi connectivity index (χ3v) is 3.30. The molecule has 0 atom stereocenters. The van der Waals surface area contributed by atoms with E-state index in [9.17, 15) is 18.0 Å². The van der Waals surface area contributed by atoms with E-state index in [4.69, 9.17) is 0 Å². The summed E-state index contributed by atoms with van der Waals surface area (Å²) in [6.45, 7) is -0.0635. The third kappa shape index (κ3) is 2.55. The Morgan fingerprint density at radius 3 is 2.59 bits per heavy atom. The Morgan fingerprint density at radius 2 is 1.77 bits per heavy atom. The molecule has 0 saturated carbocycles. The number of halogens is 3. The van der Waals surface area contributed by atoms with E-state index in [-0.39, 0.29) is 12.2 Å². The number of rotatable bonds is 3. The van der Waals surface area contributed by atoms with Crippen molar-refractivity contribution in [2.45, 2.75) is 6.54 Å². The predicted molar refractivity (Wildman–Crippen MR) is 76.9 cm³/mol. The number of nitrogens with zero attached hydrogens (tertiary/aromatic N) is 1. The number of para-hydroxylation sites is 1. The number of carbonyl (C=O) groups excluding carboxylic acids is 1. The van der Waals surface area contributed by atoms with E-state index in [1.807, 2.05) is 30.3 Å². The van der Waals surface area contributed by atoms with Crippen LogP contribution < -0.4 is 5.32 Å². The van der Waals surface area contributed by atoms with Gasteiger partial charge in [0.05, 0.1) is 5.69 Å². The summed E-state index contributed by atoms with van der Waals surface area (Å²) in [5, 5.41) is 3.21. The Kier molecular flexibility index (Phi) is 3.58. The van der Waals surface area contributed by atoms with Crippen molar-refractivity contribution in [3.63, 3.8) is 0 Å². The van der Waals surface area contributed by atoms with Crippen LogP contribution in [-0.4, -0.2) is 10.5 Å². The number of hydrogen-bond donors (Lipinski definition) is 1. The molecule has 6 heteroatoms. The van der Waals surface area contributed by atoms with E-state index in [0.717, 1.165) is 23.0 Å². The van der Waals surface area contributed by atoms with Crippen LogP contribution in [0.5, 0.6) is 0 Å². The molecule has 3 nitrogen and oxygen atoms in total. The van der Waals surface area contributed by atoms with Crippen LogP contribution in [0, 0.1) is 17.5 Å². The summed E-state index contributed by atoms with van der Waals surface area (Å²) in [5.74, 6) is -4.85. The van der Waals surface area contributed by atoms with Crippen LogP contribution in [0.2, 0.25) is 0 Å². The van der Waals surface area contributed by atoms with Crippen molar-refractivity contribution < 1.29 is 18.0 Å². The van der Waals surface area contributed by atoms with Gasteiger partial charge in [0.1, 0.15) is 6.54 Å². The lowest BCUT2D eigenvalue weighted by atomic mass is 10.2. The third-order valence-electron chi connectivity index (χ3n) is 3.30. The number of aromatic nitrogens is 1. The molecule has 0 unspecified atom stereocenters. The van der Waals surface area contributed by atoms with Gasteiger partial charge in [-0.05, 0) is 29.7 Å². The van der Waals surface area contributed by atoms with Gasteiger partial charge in [-0.1, -0.05) is 18.2 Å². The standard InChI is InChI=1S/C16H11F3N2O/c17-11-5-6-12(16(19)15(11)18)20-14(22)9-21-8-7-10-3-1-2-4-13(10)21/h1-8H,9H2,(H,20,22). The molecule has 2 aromatic carbocycles. The molecule has 3 aromatic rings. The molecule has 1 N–H and O–H groups in total. The SMILES string of the molecule is O=C(Cn1ccc2ccccc21)Nc1ccc(F)c(F)c1F. The molecule has 0 aliphatic rings. The van der Waals surface area contributed by atoms with Crippen LogP contribution in [0.1, 0.15) is 0 Å². The van der Waals surface area contributed by atoms with E-state index in [1.165, 1.54) is 0 Å². The summed E-state index contributed by atoms with van der Waals surface area (Å²) in [7, 11) is 0. The van der Waals surface area contributed by atoms with Gasteiger partial charge in [-0.3, -0.25) is 4.79 Å². The summed E-state index contributed by atoms with van der Waals surface area (Å²) in [6.07, 6.45) is 1.73. The van der Waals surface area contributed by atoms with Crippen LogP contribution >= 0.6 is 0 Å². The van der Waals surface area contributed by atoms with E-state index in [0.29, 0.717) is 0 Å². The second-order valence-electron chi connectivity index (χ2n) is 4.77. The molecule has 0 radical (unpaired) electrons. The fourth-order valence-corrected chi connectivity index (χ4v) is 2.25. The summed E-state index contributed by atoms with van der Waals surface area (Å²) in [5.41, 5.74) is 0.462. The summed E-state index contributed by atoms with van der Waals surface area (Å²) >= 11 is 0. The molecular formula is C16H11F3N2O. The Hall–Kier alpha value is -2.76. The minimum atomic E-state index is -1.61. The highest BCUT2D eigenvalue weighted by atomic mass is 19.2. The summed E-state index contributed by atoms with van der Waals surface area (Å²) in [6, 6.07) is 11.1. The molecule has 0 aliphatic heterocycles. The smallest absolute Gasteiger partial charge is 0.244 e. The first-order valence-corrected chi connectivity index (χ1v) is 6.53. The van der Waals surface area contributed by atoms with Crippen LogP contribution in [0.4, 0.5) is 18.9 Å². The molecular weight excluding hydrogens is 293 g/mol. The highest BCUT2D eigenvalue weighted by Gasteiger charge is 2.15. The van der Waals surface area contributed by atoms with Crippen LogP contribution in [0.25, 0.3) is 10.9 Å². The van der Waals surface area contributed by atoms with Crippen molar-refractivity contribution in [3.05, 3.63) is 66.1 Å². The summed E-state index contributed by atoms with van der Waals surface area (Å²) < 4.78 is 41.2. The number of hydrogen-bond acceptors (Lipinski definition) is 1. The number of nitrogens with one attached hydrogen (secondary N) is 1. The van der Waals surface area contributed by atoms with Crippen LogP contribution in [0.15, 0.2) is 48.7 Å². The van der Waals surface area contributed by atoms with Crippen LogP contribution in [0.3, 0.4) is 0 Å². The van der Waals surface area contributed by atoms with Crippen molar-refractivity contribution >= 4 is 22.5 Å². The highest BCUT2D eigenvalue weighted by Crippen LogP contribution is 2.20. The van der Waals surface area contributed by atoms with Crippen molar-refractivity contribution in [2.24, 2.45) is 0 Å². The van der Waals surface area contributed by atoms with Crippen molar-refractivity contribution in [1.82, 2.24) is 4.57 Å². The van der Waals surface area contributed by atoms with E-state index in [2.05, 4.69) is 5.32 Å². The minimum absolute atomic E-state index is 0.0635. The van der Waals surface area contributed by atoms with Gasteiger partial charge >= 0.3 is 0 Å². The molecule has 0 spiro atoms. The van der Waals surface area contributed by atoms with E-state index < -0.39 is 23.4 Å². The maximum Gasteiger partial charge on any atom is 0.244 e. The summed E-state index contributed by atoms with van der Waals surface area (Å²) in [4.78, 5) is 12.0. The maximum atomic E-state index is 13.5. The lowest BCUT2D eigenvalue weighted by molar-refractivity contribution is -0.116. The number of amides is 1. The van der Waals surface area contributed by atoms with Gasteiger partial charge in [-0.15, -0.1) is 0 Å². The Balaban J connectivity index is 1.80. The van der Waals surface area contributed by atoms with Gasteiger partial charge in [0, 0.05) is 11.7 Å². The maximum absolute atomic E-state index is 13.5. The Labute approximate surface area is 124 Å². The lowest BCUT2D eigenvalue weighted by Gasteiger charge is -2.09. The molecule has 1 aromatic heterocycles. The van der Waals surface area contributed by atoms with E-state index in [1.54, 1.807) is 10.8 Å². The first-order valence-electron chi connectivity index (χ1n) is 6.53. The Morgan fingerprint density at radius 1 is 1.00 bits per heavy atom. The highest BCUT2D eigenvalue weighted by molar-refractivity contribution is 5.92. The van der Waals surface area contributed by atoms with Crippen molar-refractivity contribution in [3.8, 4) is 0 Å². The quantitative estimate of drug-likeness (QED) is 0.736. The number of fused-ring (bicyclic) bond motifs is 1. The zero-order valence-corrected chi connectivity index (χ0v) is 11.3. The minimum Gasteiger partial charge on any atom is -0.338 e. The largest absolute Gasteiger partial charge is 0.338 e. The monoisotopic (exact) mass is 304 g/mol. The van der Waals surface area contributed by atoms with Gasteiger partial charge in [-0.2, -0.15) is 0 Å². The van der Waals surface area contributed by atoms with Gasteiger partial charge in [0.25, 0.3) is 0 Å². The molecule has 0 aliphatic carbocycles. The van der Waals surface area contributed by atoms with E-state index >= 15 is 0 Å². The van der Waals surface area contributed by atoms with Gasteiger partial charge in [0.15, 0.2) is 17.5 Å². The second kappa shape index (κ2) is 5.55. The van der Waals surface area contributed by atoms with Crippen molar-refractivity contribution in [1.29, 1.82) is 0 Å². The molecule has 1 amide bonds. The average Bonchev–Trinajstić information content (AvgIpc) is 2.91. The number of benzene rings is 2. The predicted octanol–water partition coefficient (Wildman–Crippen LogP) is 3.70. The first kappa shape index (κ1) is 14.2. The molecule has 0 bridgehead atoms. The first-order chi connectivity index (χ1) is 10.6. The zero-order valence-electron chi connectivity index (χ0n) is 11.3. The second-order valence-corrected chi connectivity index (χ2v) is 4.77. The Bertz CT molecular complexity index is 858. The molecule has 3 rings (SSSR count). The fourth-order valence-electron chi connectivity index (χ4n) is 2.25. The van der Waals surface area contributed by atoms with Gasteiger partial charge in [0.2, 0.25) is 5.91 Å². The molecule has 22 heavy (non-hydrogen) atoms. The van der Waals surface area contributed by atoms with Crippen LogP contribution in [-0.2, 0) is 11.3 Å². The van der Waals surface area contributed by atoms with Gasteiger partial charge < -0.3 is 9.88 Å². The molecule has 0 saturated heterocycles. The molecule has 0 fully saturated rings. The van der Waals surface area contributed by atoms with Gasteiger partial charge in [-0.25, -0.2) is 13.2 Å². The molecule has 1 heterocycles. The molecule has 112 valence electrons. The average molecular weight is 304 g/mol. The lowest BCUT2D eigenvalue weighted by Crippen LogP contribution is -2.19. The normalized spacial score (nSPS) is 10.9. The number of anilines is 1. The zero-order chi connectivity index (χ0) is 15.7. The topological polar surface area (TPSA) is 34.0 Å². The fraction of sp³-hybridized carbons (Fsp3) is 0.0625. The number of carbonyl (C=O) groups is 1.